The van der Waals surface area contributed by atoms with Gasteiger partial charge in [0.05, 0.1) is 22.3 Å². The Morgan fingerprint density at radius 1 is 0.848 bits per heavy atom. The van der Waals surface area contributed by atoms with Crippen LogP contribution in [0.3, 0.4) is 0 Å². The van der Waals surface area contributed by atoms with Crippen molar-refractivity contribution in [2.24, 2.45) is 0 Å². The average molecular weight is 491 g/mol. The molecule has 2 aliphatic heterocycles. The Morgan fingerprint density at radius 2 is 1.48 bits per heavy atom. The normalized spacial score (nSPS) is 17.0. The highest BCUT2D eigenvalue weighted by molar-refractivity contribution is 6.39. The van der Waals surface area contributed by atoms with Gasteiger partial charge < -0.3 is 25.8 Å². The van der Waals surface area contributed by atoms with E-state index in [0.717, 1.165) is 37.6 Å². The van der Waals surface area contributed by atoms with E-state index in [4.69, 9.17) is 23.2 Å². The molecule has 2 saturated heterocycles. The third kappa shape index (κ3) is 6.29. The summed E-state index contributed by atoms with van der Waals surface area (Å²) in [4.78, 5) is 31.1. The summed E-state index contributed by atoms with van der Waals surface area (Å²) in [6, 6.07) is 12.7. The number of nitrogens with one attached hydrogen (secondary N) is 3. The number of halogens is 2. The predicted octanol–water partition coefficient (Wildman–Crippen LogP) is 3.19. The Kier molecular flexibility index (Phi) is 7.93. The minimum atomic E-state index is -0.216. The molecule has 0 spiro atoms. The highest BCUT2D eigenvalue weighted by Crippen LogP contribution is 2.30. The molecule has 33 heavy (non-hydrogen) atoms. The Hall–Kier alpha value is -2.52. The molecule has 0 aliphatic carbocycles. The largest absolute Gasteiger partial charge is 0.368 e. The van der Waals surface area contributed by atoms with Crippen LogP contribution in [-0.2, 0) is 4.79 Å². The molecule has 0 radical (unpaired) electrons. The standard InChI is InChI=1S/C23H28Cl2N6O2/c24-19-2-1-3-20(25)22(19)28-23(33)31-14-12-30(13-15-31)18-6-4-17(5-7-18)27-21(32)16-29-10-8-26-9-11-29/h1-7,26H,8-16H2,(H,27,32)(H,28,33). The fourth-order valence-electron chi connectivity index (χ4n) is 4.00. The van der Waals surface area contributed by atoms with Crippen molar-refractivity contribution in [3.63, 3.8) is 0 Å². The number of urea groups is 1. The van der Waals surface area contributed by atoms with Crippen molar-refractivity contribution in [2.75, 3.05) is 74.4 Å². The summed E-state index contributed by atoms with van der Waals surface area (Å²) in [5, 5.41) is 9.89. The first-order valence-electron chi connectivity index (χ1n) is 11.1. The Bertz CT molecular complexity index is 953. The Labute approximate surface area is 203 Å². The monoisotopic (exact) mass is 490 g/mol. The molecule has 2 heterocycles. The molecule has 2 aromatic carbocycles. The number of hydrogen-bond acceptors (Lipinski definition) is 5. The molecule has 3 N–H and O–H groups in total. The van der Waals surface area contributed by atoms with Crippen LogP contribution in [0.1, 0.15) is 0 Å². The fraction of sp³-hybridized carbons (Fsp3) is 0.391. The number of carbonyl (C=O) groups excluding carboxylic acids is 2. The van der Waals surface area contributed by atoms with Gasteiger partial charge in [0.25, 0.3) is 0 Å². The molecule has 2 fully saturated rings. The first kappa shape index (κ1) is 23.6. The van der Waals surface area contributed by atoms with Gasteiger partial charge in [-0.2, -0.15) is 0 Å². The maximum atomic E-state index is 12.6. The molecule has 0 unspecified atom stereocenters. The zero-order valence-electron chi connectivity index (χ0n) is 18.3. The maximum absolute atomic E-state index is 12.6. The van der Waals surface area contributed by atoms with E-state index < -0.39 is 0 Å². The number of nitrogens with zero attached hydrogens (tertiary/aromatic N) is 3. The summed E-state index contributed by atoms with van der Waals surface area (Å²) in [6.45, 7) is 6.61. The van der Waals surface area contributed by atoms with E-state index in [-0.39, 0.29) is 11.9 Å². The SMILES string of the molecule is O=C(CN1CCNCC1)Nc1ccc(N2CCN(C(=O)Nc3c(Cl)cccc3Cl)CC2)cc1. The van der Waals surface area contributed by atoms with Crippen LogP contribution in [0.5, 0.6) is 0 Å². The zero-order chi connectivity index (χ0) is 23.2. The van der Waals surface area contributed by atoms with Gasteiger partial charge in [-0.1, -0.05) is 29.3 Å². The van der Waals surface area contributed by atoms with Crippen molar-refractivity contribution in [3.05, 3.63) is 52.5 Å². The molecule has 0 aromatic heterocycles. The number of rotatable bonds is 5. The molecule has 4 rings (SSSR count). The number of hydrogen-bond donors (Lipinski definition) is 3. The maximum Gasteiger partial charge on any atom is 0.322 e. The lowest BCUT2D eigenvalue weighted by molar-refractivity contribution is -0.117. The van der Waals surface area contributed by atoms with Crippen molar-refractivity contribution in [2.45, 2.75) is 0 Å². The van der Waals surface area contributed by atoms with Crippen molar-refractivity contribution < 1.29 is 9.59 Å². The van der Waals surface area contributed by atoms with Crippen LogP contribution in [0.25, 0.3) is 0 Å². The van der Waals surface area contributed by atoms with E-state index in [9.17, 15) is 9.59 Å². The number of benzene rings is 2. The third-order valence-electron chi connectivity index (χ3n) is 5.85. The van der Waals surface area contributed by atoms with Gasteiger partial charge >= 0.3 is 6.03 Å². The van der Waals surface area contributed by atoms with Crippen molar-refractivity contribution in [1.29, 1.82) is 0 Å². The zero-order valence-corrected chi connectivity index (χ0v) is 19.8. The van der Waals surface area contributed by atoms with Crippen LogP contribution in [0.4, 0.5) is 21.9 Å². The molecule has 8 nitrogen and oxygen atoms in total. The number of para-hydroxylation sites is 1. The van der Waals surface area contributed by atoms with Gasteiger partial charge in [0, 0.05) is 63.7 Å². The Morgan fingerprint density at radius 3 is 2.12 bits per heavy atom. The van der Waals surface area contributed by atoms with E-state index in [1.807, 2.05) is 24.3 Å². The molecule has 0 bridgehead atoms. The number of piperazine rings is 2. The van der Waals surface area contributed by atoms with Crippen LogP contribution in [0.15, 0.2) is 42.5 Å². The lowest BCUT2D eigenvalue weighted by Gasteiger charge is -2.36. The van der Waals surface area contributed by atoms with Gasteiger partial charge in [-0.05, 0) is 36.4 Å². The molecular formula is C23H28Cl2N6O2. The first-order valence-corrected chi connectivity index (χ1v) is 11.8. The van der Waals surface area contributed by atoms with E-state index in [2.05, 4.69) is 25.8 Å². The summed E-state index contributed by atoms with van der Waals surface area (Å²) in [5.74, 6) is 0.00268. The van der Waals surface area contributed by atoms with Gasteiger partial charge in [0.15, 0.2) is 0 Å². The smallest absolute Gasteiger partial charge is 0.322 e. The highest BCUT2D eigenvalue weighted by atomic mass is 35.5. The number of amides is 3. The van der Waals surface area contributed by atoms with Gasteiger partial charge in [-0.3, -0.25) is 9.69 Å². The molecule has 0 atom stereocenters. The van der Waals surface area contributed by atoms with Crippen molar-refractivity contribution in [1.82, 2.24) is 15.1 Å². The van der Waals surface area contributed by atoms with Crippen molar-refractivity contribution >= 4 is 52.2 Å². The lowest BCUT2D eigenvalue weighted by Crippen LogP contribution is -2.50. The second-order valence-corrected chi connectivity index (χ2v) is 8.94. The molecule has 2 aromatic rings. The van der Waals surface area contributed by atoms with E-state index in [1.54, 1.807) is 23.1 Å². The summed E-state index contributed by atoms with van der Waals surface area (Å²) >= 11 is 12.3. The quantitative estimate of drug-likeness (QED) is 0.599. The average Bonchev–Trinajstić information content (AvgIpc) is 2.82. The van der Waals surface area contributed by atoms with Crippen LogP contribution in [-0.4, -0.2) is 80.6 Å². The van der Waals surface area contributed by atoms with Gasteiger partial charge in [-0.25, -0.2) is 4.79 Å². The molecule has 3 amide bonds. The Balaban J connectivity index is 1.25. The first-order chi connectivity index (χ1) is 16.0. The second-order valence-electron chi connectivity index (χ2n) is 8.12. The fourth-order valence-corrected chi connectivity index (χ4v) is 4.49. The van der Waals surface area contributed by atoms with Crippen LogP contribution in [0.2, 0.25) is 10.0 Å². The summed E-state index contributed by atoms with van der Waals surface area (Å²) in [5.41, 5.74) is 2.28. The van der Waals surface area contributed by atoms with E-state index in [1.165, 1.54) is 0 Å². The topological polar surface area (TPSA) is 80.0 Å². The van der Waals surface area contributed by atoms with Crippen LogP contribution in [0, 0.1) is 0 Å². The van der Waals surface area contributed by atoms with E-state index >= 15 is 0 Å². The molecular weight excluding hydrogens is 463 g/mol. The van der Waals surface area contributed by atoms with Crippen LogP contribution < -0.4 is 20.9 Å². The highest BCUT2D eigenvalue weighted by Gasteiger charge is 2.22. The predicted molar refractivity (Wildman–Crippen MR) is 134 cm³/mol. The van der Waals surface area contributed by atoms with Crippen molar-refractivity contribution in [3.8, 4) is 0 Å². The molecule has 176 valence electrons. The lowest BCUT2D eigenvalue weighted by atomic mass is 10.2. The van der Waals surface area contributed by atoms with Gasteiger partial charge in [0.2, 0.25) is 5.91 Å². The van der Waals surface area contributed by atoms with E-state index in [0.29, 0.717) is 48.5 Å². The van der Waals surface area contributed by atoms with Gasteiger partial charge in [0.1, 0.15) is 0 Å². The minimum absolute atomic E-state index is 0.00268. The third-order valence-corrected chi connectivity index (χ3v) is 6.48. The number of anilines is 3. The van der Waals surface area contributed by atoms with Crippen LogP contribution >= 0.6 is 23.2 Å². The number of carbonyl (C=O) groups is 2. The van der Waals surface area contributed by atoms with Gasteiger partial charge in [-0.15, -0.1) is 0 Å². The molecule has 2 aliphatic rings. The minimum Gasteiger partial charge on any atom is -0.368 e. The molecule has 0 saturated carbocycles. The summed E-state index contributed by atoms with van der Waals surface area (Å²) < 4.78 is 0. The summed E-state index contributed by atoms with van der Waals surface area (Å²) in [7, 11) is 0. The summed E-state index contributed by atoms with van der Waals surface area (Å²) in [6.07, 6.45) is 0. The second kappa shape index (κ2) is 11.1. The molecule has 10 heteroatoms.